The molecular weight excluding hydrogens is 304 g/mol. The summed E-state index contributed by atoms with van der Waals surface area (Å²) < 4.78 is 0. The molecule has 3 aliphatic carbocycles. The van der Waals surface area contributed by atoms with E-state index in [9.17, 15) is 20.4 Å². The number of fused-ring (bicyclic) bond motifs is 3. The second-order valence-corrected chi connectivity index (χ2v) is 9.69. The van der Waals surface area contributed by atoms with Crippen LogP contribution in [-0.4, -0.2) is 44.3 Å². The van der Waals surface area contributed by atoms with Gasteiger partial charge in [-0.3, -0.25) is 0 Å². The van der Waals surface area contributed by atoms with Gasteiger partial charge in [0.25, 0.3) is 0 Å². The first-order chi connectivity index (χ1) is 11.0. The van der Waals surface area contributed by atoms with Gasteiger partial charge in [0.15, 0.2) is 0 Å². The van der Waals surface area contributed by atoms with Crippen LogP contribution in [0.5, 0.6) is 0 Å². The number of aliphatic hydroxyl groups is 4. The van der Waals surface area contributed by atoms with Crippen LogP contribution in [0, 0.1) is 22.7 Å². The molecule has 4 N–H and O–H groups in total. The first kappa shape index (κ1) is 18.4. The minimum atomic E-state index is -1.28. The van der Waals surface area contributed by atoms with Gasteiger partial charge in [0.1, 0.15) is 5.60 Å². The highest BCUT2D eigenvalue weighted by Gasteiger charge is 2.59. The normalized spacial score (nSPS) is 49.2. The molecule has 0 aromatic rings. The van der Waals surface area contributed by atoms with Crippen LogP contribution in [0.3, 0.4) is 0 Å². The van der Waals surface area contributed by atoms with Crippen LogP contribution in [-0.2, 0) is 0 Å². The molecule has 24 heavy (non-hydrogen) atoms. The van der Waals surface area contributed by atoms with Crippen LogP contribution in [0.25, 0.3) is 0 Å². The molecule has 0 aromatic heterocycles. The Labute approximate surface area is 145 Å². The number of aliphatic hydroxyl groups excluding tert-OH is 2. The van der Waals surface area contributed by atoms with E-state index in [1.807, 2.05) is 0 Å². The van der Waals surface area contributed by atoms with Gasteiger partial charge in [0, 0.05) is 6.61 Å². The van der Waals surface area contributed by atoms with Crippen molar-refractivity contribution in [3.8, 4) is 0 Å². The molecule has 2 saturated carbocycles. The summed E-state index contributed by atoms with van der Waals surface area (Å²) in [6, 6.07) is 0. The highest BCUT2D eigenvalue weighted by molar-refractivity contribution is 5.30. The van der Waals surface area contributed by atoms with E-state index in [0.717, 1.165) is 31.3 Å². The van der Waals surface area contributed by atoms with Crippen LogP contribution < -0.4 is 0 Å². The molecule has 0 amide bonds. The van der Waals surface area contributed by atoms with E-state index >= 15 is 0 Å². The van der Waals surface area contributed by atoms with Crippen molar-refractivity contribution in [3.05, 3.63) is 11.6 Å². The fourth-order valence-electron chi connectivity index (χ4n) is 6.04. The van der Waals surface area contributed by atoms with Crippen molar-refractivity contribution >= 4 is 0 Å². The fourth-order valence-corrected chi connectivity index (χ4v) is 6.04. The third-order valence-electron chi connectivity index (χ3n) is 7.78. The van der Waals surface area contributed by atoms with Gasteiger partial charge >= 0.3 is 0 Å². The van der Waals surface area contributed by atoms with Crippen molar-refractivity contribution in [2.45, 2.75) is 83.5 Å². The monoisotopic (exact) mass is 338 g/mol. The summed E-state index contributed by atoms with van der Waals surface area (Å²) in [4.78, 5) is 0. The fraction of sp³-hybridized carbons (Fsp3) is 0.900. The molecule has 6 atom stereocenters. The maximum atomic E-state index is 10.9. The van der Waals surface area contributed by atoms with Crippen molar-refractivity contribution in [2.24, 2.45) is 22.7 Å². The zero-order valence-corrected chi connectivity index (χ0v) is 15.5. The lowest BCUT2D eigenvalue weighted by molar-refractivity contribution is -0.140. The zero-order valence-electron chi connectivity index (χ0n) is 15.5. The van der Waals surface area contributed by atoms with Crippen molar-refractivity contribution in [1.82, 2.24) is 0 Å². The van der Waals surface area contributed by atoms with E-state index in [1.165, 1.54) is 0 Å². The highest BCUT2D eigenvalue weighted by Crippen LogP contribution is 2.63. The number of hydrogen-bond donors (Lipinski definition) is 4. The Morgan fingerprint density at radius 2 is 1.88 bits per heavy atom. The van der Waals surface area contributed by atoms with Gasteiger partial charge in [0.05, 0.1) is 11.7 Å². The Hall–Kier alpha value is -0.420. The molecule has 2 fully saturated rings. The average Bonchev–Trinajstić information content (AvgIpc) is 2.49. The minimum absolute atomic E-state index is 0.0434. The zero-order chi connectivity index (χ0) is 18.0. The van der Waals surface area contributed by atoms with Gasteiger partial charge in [-0.05, 0) is 80.3 Å². The molecule has 0 heterocycles. The van der Waals surface area contributed by atoms with Gasteiger partial charge in [-0.25, -0.2) is 0 Å². The lowest BCUT2D eigenvalue weighted by Gasteiger charge is -2.61. The van der Waals surface area contributed by atoms with Gasteiger partial charge in [-0.15, -0.1) is 0 Å². The van der Waals surface area contributed by atoms with Gasteiger partial charge in [-0.1, -0.05) is 20.3 Å². The molecule has 4 nitrogen and oxygen atoms in total. The summed E-state index contributed by atoms with van der Waals surface area (Å²) >= 11 is 0. The summed E-state index contributed by atoms with van der Waals surface area (Å²) in [6.07, 6.45) is 6.30. The molecule has 0 saturated heterocycles. The minimum Gasteiger partial charge on any atom is -0.396 e. The molecule has 0 radical (unpaired) electrons. The molecule has 3 rings (SSSR count). The molecule has 0 aromatic carbocycles. The summed E-state index contributed by atoms with van der Waals surface area (Å²) in [7, 11) is 0. The quantitative estimate of drug-likeness (QED) is 0.583. The molecule has 0 aliphatic heterocycles. The van der Waals surface area contributed by atoms with Crippen LogP contribution >= 0.6 is 0 Å². The Kier molecular flexibility index (Phi) is 4.24. The third-order valence-corrected chi connectivity index (χ3v) is 7.78. The topological polar surface area (TPSA) is 80.9 Å². The smallest absolute Gasteiger partial charge is 0.111 e. The lowest BCUT2D eigenvalue weighted by atomic mass is 9.45. The maximum Gasteiger partial charge on any atom is 0.111 e. The van der Waals surface area contributed by atoms with Crippen LogP contribution in [0.4, 0.5) is 0 Å². The molecule has 3 aliphatic rings. The standard InChI is InChI=1S/C20H34O4/c1-17(2,23)20(24)9-6-14-13(11-20)15(22)10-16-18(3,12-21)7-5-8-19(14,16)4/h11,14-16,21-24H,5-10,12H2,1-4H3/t14-,15+,16-,18-,19+,20+/m0/s1. The van der Waals surface area contributed by atoms with Crippen molar-refractivity contribution in [3.63, 3.8) is 0 Å². The summed E-state index contributed by atoms with van der Waals surface area (Å²) in [5.41, 5.74) is -1.69. The first-order valence-corrected chi connectivity index (χ1v) is 9.43. The third kappa shape index (κ3) is 2.49. The Balaban J connectivity index is 2.02. The number of rotatable bonds is 2. The number of hydrogen-bond acceptors (Lipinski definition) is 4. The van der Waals surface area contributed by atoms with Gasteiger partial charge < -0.3 is 20.4 Å². The van der Waals surface area contributed by atoms with Gasteiger partial charge in [-0.2, -0.15) is 0 Å². The second-order valence-electron chi connectivity index (χ2n) is 9.69. The molecule has 0 spiro atoms. The van der Waals surface area contributed by atoms with Crippen LogP contribution in [0.15, 0.2) is 11.6 Å². The van der Waals surface area contributed by atoms with Crippen LogP contribution in [0.2, 0.25) is 0 Å². The molecule has 0 bridgehead atoms. The van der Waals surface area contributed by atoms with E-state index in [4.69, 9.17) is 0 Å². The van der Waals surface area contributed by atoms with Crippen LogP contribution in [0.1, 0.15) is 66.2 Å². The highest BCUT2D eigenvalue weighted by atomic mass is 16.4. The molecule has 138 valence electrons. The lowest BCUT2D eigenvalue weighted by Crippen LogP contribution is -2.58. The Bertz CT molecular complexity index is 536. The molecule has 0 unspecified atom stereocenters. The van der Waals surface area contributed by atoms with E-state index in [-0.39, 0.29) is 29.3 Å². The molecular formula is C20H34O4. The van der Waals surface area contributed by atoms with Crippen molar-refractivity contribution in [1.29, 1.82) is 0 Å². The summed E-state index contributed by atoms with van der Waals surface area (Å²) in [6.45, 7) is 7.90. The van der Waals surface area contributed by atoms with Crippen molar-refractivity contribution < 1.29 is 20.4 Å². The van der Waals surface area contributed by atoms with E-state index in [0.29, 0.717) is 12.8 Å². The van der Waals surface area contributed by atoms with E-state index in [2.05, 4.69) is 13.8 Å². The summed E-state index contributed by atoms with van der Waals surface area (Å²) in [5.74, 6) is 0.509. The first-order valence-electron chi connectivity index (χ1n) is 9.43. The van der Waals surface area contributed by atoms with Gasteiger partial charge in [0.2, 0.25) is 0 Å². The van der Waals surface area contributed by atoms with Crippen molar-refractivity contribution in [2.75, 3.05) is 6.61 Å². The largest absolute Gasteiger partial charge is 0.396 e. The Morgan fingerprint density at radius 1 is 1.21 bits per heavy atom. The maximum absolute atomic E-state index is 10.9. The van der Waals surface area contributed by atoms with E-state index < -0.39 is 17.3 Å². The predicted molar refractivity (Wildman–Crippen MR) is 93.3 cm³/mol. The average molecular weight is 338 g/mol. The SMILES string of the molecule is CC(C)(O)[C@]1(O)C=C2[C@H](O)C[C@H]3[C@](C)(CO)CCC[C@]3(C)[C@H]2CC1. The molecule has 4 heteroatoms. The second kappa shape index (κ2) is 5.54. The Morgan fingerprint density at radius 3 is 2.46 bits per heavy atom. The summed E-state index contributed by atoms with van der Waals surface area (Å²) in [5, 5.41) is 42.1. The predicted octanol–water partition coefficient (Wildman–Crippen LogP) is 2.39. The van der Waals surface area contributed by atoms with E-state index in [1.54, 1.807) is 19.9 Å².